The van der Waals surface area contributed by atoms with Crippen LogP contribution in [-0.4, -0.2) is 33.6 Å². The summed E-state index contributed by atoms with van der Waals surface area (Å²) < 4.78 is 0. The van der Waals surface area contributed by atoms with Gasteiger partial charge in [-0.3, -0.25) is 0 Å². The third-order valence-corrected chi connectivity index (χ3v) is 4.63. The monoisotopic (exact) mass is 322 g/mol. The largest absolute Gasteiger partial charge is 0.392 e. The highest BCUT2D eigenvalue weighted by Crippen LogP contribution is 2.25. The third-order valence-electron chi connectivity index (χ3n) is 4.63. The van der Waals surface area contributed by atoms with Gasteiger partial charge in [-0.05, 0) is 56.9 Å². The van der Waals surface area contributed by atoms with E-state index in [0.717, 1.165) is 36.8 Å². The summed E-state index contributed by atoms with van der Waals surface area (Å²) in [6.07, 6.45) is 11.1. The highest BCUT2D eigenvalue weighted by atomic mass is 16.3. The zero-order valence-electron chi connectivity index (χ0n) is 15.1. The van der Waals surface area contributed by atoms with Gasteiger partial charge in [0.25, 0.3) is 0 Å². The van der Waals surface area contributed by atoms with E-state index in [1.807, 2.05) is 19.1 Å². The second kappa shape index (κ2) is 9.41. The molecule has 0 spiro atoms. The van der Waals surface area contributed by atoms with E-state index in [1.54, 1.807) is 6.92 Å². The lowest BCUT2D eigenvalue weighted by atomic mass is 9.86. The fourth-order valence-electron chi connectivity index (χ4n) is 3.05. The lowest BCUT2D eigenvalue weighted by molar-refractivity contribution is 0.0565. The molecule has 0 aromatic heterocycles. The van der Waals surface area contributed by atoms with Gasteiger partial charge in [0.1, 0.15) is 0 Å². The molecule has 0 aromatic rings. The summed E-state index contributed by atoms with van der Waals surface area (Å²) in [6.45, 7) is 8.21. The van der Waals surface area contributed by atoms with Crippen LogP contribution in [0.5, 0.6) is 0 Å². The first-order valence-electron chi connectivity index (χ1n) is 8.79. The summed E-state index contributed by atoms with van der Waals surface area (Å²) in [5.74, 6) is 0.829. The Balaban J connectivity index is 3.01. The molecule has 0 bridgehead atoms. The molecule has 0 heterocycles. The Bertz CT molecular complexity index is 444. The first-order chi connectivity index (χ1) is 10.7. The van der Waals surface area contributed by atoms with Crippen LogP contribution >= 0.6 is 0 Å². The molecule has 3 atom stereocenters. The standard InChI is InChI=1S/C20H34O3/c1-15(2)18-9-8-17(14-21)7-5-6-16(3)12-19(22)13-20(4,23)11-10-18/h7,10-12,15,18-19,21-23H,5-6,8-9,13-14H2,1-4H3/b11-10+,16-12+,17-7-/t18-,19+,20-/m1/s1. The van der Waals surface area contributed by atoms with Crippen molar-refractivity contribution in [3.63, 3.8) is 0 Å². The lowest BCUT2D eigenvalue weighted by Crippen LogP contribution is -2.27. The molecular weight excluding hydrogens is 288 g/mol. The Kier molecular flexibility index (Phi) is 8.24. The van der Waals surface area contributed by atoms with Gasteiger partial charge in [-0.1, -0.05) is 43.7 Å². The summed E-state index contributed by atoms with van der Waals surface area (Å²) in [7, 11) is 0. The van der Waals surface area contributed by atoms with E-state index < -0.39 is 11.7 Å². The van der Waals surface area contributed by atoms with E-state index in [2.05, 4.69) is 26.0 Å². The van der Waals surface area contributed by atoms with Crippen LogP contribution in [0.15, 0.2) is 35.5 Å². The predicted molar refractivity (Wildman–Crippen MR) is 96.1 cm³/mol. The van der Waals surface area contributed by atoms with Crippen LogP contribution in [0.3, 0.4) is 0 Å². The van der Waals surface area contributed by atoms with Gasteiger partial charge < -0.3 is 15.3 Å². The van der Waals surface area contributed by atoms with E-state index >= 15 is 0 Å². The zero-order chi connectivity index (χ0) is 17.5. The first-order valence-corrected chi connectivity index (χ1v) is 8.79. The molecule has 132 valence electrons. The maximum Gasteiger partial charge on any atom is 0.0827 e. The first kappa shape index (κ1) is 20.1. The van der Waals surface area contributed by atoms with Crippen molar-refractivity contribution < 1.29 is 15.3 Å². The van der Waals surface area contributed by atoms with Gasteiger partial charge in [0.2, 0.25) is 0 Å². The number of allylic oxidation sites excluding steroid dienone is 3. The predicted octanol–water partition coefficient (Wildman–Crippen LogP) is 3.76. The van der Waals surface area contributed by atoms with E-state index in [0.29, 0.717) is 18.3 Å². The van der Waals surface area contributed by atoms with Crippen molar-refractivity contribution in [2.75, 3.05) is 6.61 Å². The third kappa shape index (κ3) is 7.96. The van der Waals surface area contributed by atoms with E-state index in [1.165, 1.54) is 0 Å². The number of hydrogen-bond donors (Lipinski definition) is 3. The second-order valence-electron chi connectivity index (χ2n) is 7.51. The van der Waals surface area contributed by atoms with Crippen LogP contribution in [0, 0.1) is 11.8 Å². The van der Waals surface area contributed by atoms with Crippen LogP contribution in [0.1, 0.15) is 59.8 Å². The molecule has 1 rings (SSSR count). The Morgan fingerprint density at radius 2 is 2.00 bits per heavy atom. The molecular formula is C20H34O3. The van der Waals surface area contributed by atoms with Gasteiger partial charge in [-0.25, -0.2) is 0 Å². The molecule has 0 saturated heterocycles. The van der Waals surface area contributed by atoms with Gasteiger partial charge in [0.15, 0.2) is 0 Å². The minimum atomic E-state index is -1.01. The highest BCUT2D eigenvalue weighted by molar-refractivity contribution is 5.11. The molecule has 3 nitrogen and oxygen atoms in total. The van der Waals surface area contributed by atoms with Crippen LogP contribution in [0.2, 0.25) is 0 Å². The van der Waals surface area contributed by atoms with Crippen LogP contribution in [-0.2, 0) is 0 Å². The van der Waals surface area contributed by atoms with Gasteiger partial charge >= 0.3 is 0 Å². The Morgan fingerprint density at radius 3 is 2.61 bits per heavy atom. The maximum atomic E-state index is 10.5. The van der Waals surface area contributed by atoms with Crippen molar-refractivity contribution in [1.29, 1.82) is 0 Å². The van der Waals surface area contributed by atoms with Crippen molar-refractivity contribution in [1.82, 2.24) is 0 Å². The smallest absolute Gasteiger partial charge is 0.0827 e. The molecule has 0 saturated carbocycles. The van der Waals surface area contributed by atoms with Crippen molar-refractivity contribution in [2.45, 2.75) is 71.5 Å². The topological polar surface area (TPSA) is 60.7 Å². The number of aliphatic hydroxyl groups excluding tert-OH is 2. The normalized spacial score (nSPS) is 37.4. The summed E-state index contributed by atoms with van der Waals surface area (Å²) in [5.41, 5.74) is 1.19. The number of aliphatic hydroxyl groups is 3. The molecule has 0 fully saturated rings. The van der Waals surface area contributed by atoms with Crippen molar-refractivity contribution in [3.05, 3.63) is 35.5 Å². The van der Waals surface area contributed by atoms with Gasteiger partial charge in [-0.15, -0.1) is 0 Å². The summed E-state index contributed by atoms with van der Waals surface area (Å²) in [5, 5.41) is 30.2. The summed E-state index contributed by atoms with van der Waals surface area (Å²) in [6, 6.07) is 0. The molecule has 0 aromatic carbocycles. The molecule has 3 heteroatoms. The molecule has 0 unspecified atom stereocenters. The van der Waals surface area contributed by atoms with E-state index in [4.69, 9.17) is 0 Å². The zero-order valence-corrected chi connectivity index (χ0v) is 15.1. The Labute approximate surface area is 141 Å². The maximum absolute atomic E-state index is 10.5. The molecule has 1 aliphatic rings. The fourth-order valence-corrected chi connectivity index (χ4v) is 3.05. The van der Waals surface area contributed by atoms with Crippen LogP contribution in [0.4, 0.5) is 0 Å². The van der Waals surface area contributed by atoms with Crippen molar-refractivity contribution >= 4 is 0 Å². The van der Waals surface area contributed by atoms with Gasteiger partial charge in [0.05, 0.1) is 18.3 Å². The van der Waals surface area contributed by atoms with E-state index in [-0.39, 0.29) is 6.61 Å². The Hall–Kier alpha value is -0.900. The average Bonchev–Trinajstić information content (AvgIpc) is 2.42. The van der Waals surface area contributed by atoms with Crippen molar-refractivity contribution in [2.24, 2.45) is 11.8 Å². The quantitative estimate of drug-likeness (QED) is 0.678. The number of hydrogen-bond acceptors (Lipinski definition) is 3. The summed E-state index contributed by atoms with van der Waals surface area (Å²) in [4.78, 5) is 0. The van der Waals surface area contributed by atoms with E-state index in [9.17, 15) is 15.3 Å². The fraction of sp³-hybridized carbons (Fsp3) is 0.700. The Morgan fingerprint density at radius 1 is 1.30 bits per heavy atom. The second-order valence-corrected chi connectivity index (χ2v) is 7.51. The molecule has 23 heavy (non-hydrogen) atoms. The lowest BCUT2D eigenvalue weighted by Gasteiger charge is -2.24. The molecule has 0 radical (unpaired) electrons. The molecule has 3 N–H and O–H groups in total. The van der Waals surface area contributed by atoms with Gasteiger partial charge in [0, 0.05) is 6.42 Å². The highest BCUT2D eigenvalue weighted by Gasteiger charge is 2.22. The molecule has 0 amide bonds. The minimum Gasteiger partial charge on any atom is -0.392 e. The average molecular weight is 322 g/mol. The van der Waals surface area contributed by atoms with Gasteiger partial charge in [-0.2, -0.15) is 0 Å². The minimum absolute atomic E-state index is 0.109. The molecule has 1 aliphatic carbocycles. The summed E-state index contributed by atoms with van der Waals surface area (Å²) >= 11 is 0. The number of rotatable bonds is 2. The molecule has 0 aliphatic heterocycles. The van der Waals surface area contributed by atoms with Crippen molar-refractivity contribution in [3.8, 4) is 0 Å². The SMILES string of the molecule is C/C1=C\[C@H](O)C[C@](C)(O)/C=C/[C@H](C(C)C)CC/C(CO)=C/CC1. The van der Waals surface area contributed by atoms with Crippen LogP contribution in [0.25, 0.3) is 0 Å². The van der Waals surface area contributed by atoms with Crippen LogP contribution < -0.4 is 0 Å².